The molecule has 0 saturated carbocycles. The highest BCUT2D eigenvalue weighted by Crippen LogP contribution is 2.25. The highest BCUT2D eigenvalue weighted by molar-refractivity contribution is 6.07. The molecule has 0 radical (unpaired) electrons. The van der Waals surface area contributed by atoms with E-state index in [9.17, 15) is 14.4 Å². The van der Waals surface area contributed by atoms with Crippen LogP contribution in [0.5, 0.6) is 0 Å². The Morgan fingerprint density at radius 3 is 2.10 bits per heavy atom. The number of carbonyl (C=O) groups excluding carboxylic acids is 3. The first kappa shape index (κ1) is 27.4. The second-order valence-electron chi connectivity index (χ2n) is 10.2. The van der Waals surface area contributed by atoms with Crippen LogP contribution in [0.3, 0.4) is 0 Å². The van der Waals surface area contributed by atoms with Crippen molar-refractivity contribution in [3.05, 3.63) is 102 Å². The molecule has 0 aliphatic carbocycles. The van der Waals surface area contributed by atoms with Crippen LogP contribution in [0.1, 0.15) is 48.7 Å². The van der Waals surface area contributed by atoms with Crippen molar-refractivity contribution in [1.82, 2.24) is 4.90 Å². The summed E-state index contributed by atoms with van der Waals surface area (Å²) in [6.45, 7) is 6.62. The molecule has 202 valence electrons. The number of rotatable bonds is 6. The molecule has 1 aliphatic heterocycles. The number of hydrogen-bond donors (Lipinski definition) is 2. The van der Waals surface area contributed by atoms with E-state index in [0.717, 1.165) is 16.7 Å². The lowest BCUT2D eigenvalue weighted by molar-refractivity contribution is 0.0635. The highest BCUT2D eigenvalue weighted by atomic mass is 16.6. The summed E-state index contributed by atoms with van der Waals surface area (Å²) in [7, 11) is 0. The predicted octanol–water partition coefficient (Wildman–Crippen LogP) is 6.71. The van der Waals surface area contributed by atoms with Gasteiger partial charge in [-0.3, -0.25) is 10.1 Å². The van der Waals surface area contributed by atoms with Gasteiger partial charge in [0, 0.05) is 18.7 Å². The fourth-order valence-corrected chi connectivity index (χ4v) is 4.05. The van der Waals surface area contributed by atoms with Gasteiger partial charge in [-0.1, -0.05) is 60.7 Å². The Hall–Kier alpha value is -4.59. The van der Waals surface area contributed by atoms with Crippen molar-refractivity contribution in [3.8, 4) is 0 Å². The zero-order chi connectivity index (χ0) is 27.8. The van der Waals surface area contributed by atoms with Crippen LogP contribution in [0.15, 0.2) is 84.9 Å². The molecule has 1 heterocycles. The van der Waals surface area contributed by atoms with Crippen molar-refractivity contribution < 1.29 is 23.9 Å². The van der Waals surface area contributed by atoms with Crippen molar-refractivity contribution in [2.24, 2.45) is 0 Å². The molecular weight excluding hydrogens is 494 g/mol. The molecule has 0 aromatic heterocycles. The largest absolute Gasteiger partial charge is 0.445 e. The standard InChI is InChI=1S/C31H33N3O5/c1-31(2,3)39-29(36)33-27-12-8-7-11-26(27)32-28(35)25-15-13-23(14-16-25)24-17-19-34(20-18-24)30(37)38-21-22-9-5-4-6-10-22/h4-17H,18-21H2,1-3H3,(H,32,35)(H,33,36). The smallest absolute Gasteiger partial charge is 0.412 e. The Balaban J connectivity index is 1.33. The third kappa shape index (κ3) is 7.95. The number of nitrogens with one attached hydrogen (secondary N) is 2. The summed E-state index contributed by atoms with van der Waals surface area (Å²) in [5, 5.41) is 5.54. The first-order valence-electron chi connectivity index (χ1n) is 12.8. The second kappa shape index (κ2) is 12.3. The topological polar surface area (TPSA) is 97.0 Å². The van der Waals surface area contributed by atoms with Crippen molar-refractivity contribution in [2.45, 2.75) is 39.4 Å². The molecule has 39 heavy (non-hydrogen) atoms. The Morgan fingerprint density at radius 2 is 1.49 bits per heavy atom. The number of amides is 3. The lowest BCUT2D eigenvalue weighted by Gasteiger charge is -2.26. The van der Waals surface area contributed by atoms with Crippen molar-refractivity contribution >= 4 is 35.0 Å². The maximum atomic E-state index is 12.9. The molecule has 3 amide bonds. The van der Waals surface area contributed by atoms with E-state index in [1.54, 1.807) is 62.1 Å². The van der Waals surface area contributed by atoms with Crippen LogP contribution in [0.25, 0.3) is 5.57 Å². The van der Waals surface area contributed by atoms with Crippen LogP contribution in [-0.4, -0.2) is 41.7 Å². The molecule has 0 bridgehead atoms. The van der Waals surface area contributed by atoms with E-state index in [1.807, 2.05) is 48.5 Å². The predicted molar refractivity (Wildman–Crippen MR) is 151 cm³/mol. The molecule has 0 atom stereocenters. The van der Waals surface area contributed by atoms with Crippen LogP contribution < -0.4 is 10.6 Å². The number of para-hydroxylation sites is 2. The van der Waals surface area contributed by atoms with Crippen LogP contribution in [0.2, 0.25) is 0 Å². The molecule has 8 heteroatoms. The van der Waals surface area contributed by atoms with Gasteiger partial charge in [0.15, 0.2) is 0 Å². The van der Waals surface area contributed by atoms with Gasteiger partial charge in [0.2, 0.25) is 0 Å². The lowest BCUT2D eigenvalue weighted by atomic mass is 9.98. The van der Waals surface area contributed by atoms with Crippen LogP contribution in [0.4, 0.5) is 21.0 Å². The molecule has 1 aliphatic rings. The highest BCUT2D eigenvalue weighted by Gasteiger charge is 2.20. The van der Waals surface area contributed by atoms with E-state index < -0.39 is 11.7 Å². The van der Waals surface area contributed by atoms with E-state index in [4.69, 9.17) is 9.47 Å². The van der Waals surface area contributed by atoms with Gasteiger partial charge in [-0.25, -0.2) is 9.59 Å². The van der Waals surface area contributed by atoms with Gasteiger partial charge >= 0.3 is 12.2 Å². The van der Waals surface area contributed by atoms with Gasteiger partial charge in [0.25, 0.3) is 5.91 Å². The van der Waals surface area contributed by atoms with E-state index in [2.05, 4.69) is 10.6 Å². The van der Waals surface area contributed by atoms with Gasteiger partial charge in [-0.2, -0.15) is 0 Å². The van der Waals surface area contributed by atoms with Crippen molar-refractivity contribution in [1.29, 1.82) is 0 Å². The summed E-state index contributed by atoms with van der Waals surface area (Å²) in [4.78, 5) is 39.2. The average molecular weight is 528 g/mol. The maximum Gasteiger partial charge on any atom is 0.412 e. The number of carbonyl (C=O) groups is 3. The zero-order valence-electron chi connectivity index (χ0n) is 22.4. The summed E-state index contributed by atoms with van der Waals surface area (Å²) >= 11 is 0. The van der Waals surface area contributed by atoms with Crippen molar-refractivity contribution in [3.63, 3.8) is 0 Å². The lowest BCUT2D eigenvalue weighted by Crippen LogP contribution is -2.35. The number of hydrogen-bond acceptors (Lipinski definition) is 5. The van der Waals surface area contributed by atoms with Gasteiger partial charge in [0.05, 0.1) is 11.4 Å². The van der Waals surface area contributed by atoms with Gasteiger partial charge in [0.1, 0.15) is 12.2 Å². The number of ether oxygens (including phenoxy) is 2. The SMILES string of the molecule is CC(C)(C)OC(=O)Nc1ccccc1NC(=O)c1ccc(C2=CCN(C(=O)OCc3ccccc3)CC2)cc1. The molecular formula is C31H33N3O5. The molecule has 3 aromatic carbocycles. The maximum absolute atomic E-state index is 12.9. The summed E-state index contributed by atoms with van der Waals surface area (Å²) in [5.41, 5.74) is 3.81. The normalized spacial score (nSPS) is 13.2. The van der Waals surface area contributed by atoms with Gasteiger partial charge < -0.3 is 19.7 Å². The minimum atomic E-state index is -0.637. The Bertz CT molecular complexity index is 1340. The second-order valence-corrected chi connectivity index (χ2v) is 10.2. The van der Waals surface area contributed by atoms with E-state index in [0.29, 0.717) is 36.4 Å². The minimum absolute atomic E-state index is 0.248. The molecule has 2 N–H and O–H groups in total. The molecule has 0 unspecified atom stereocenters. The summed E-state index contributed by atoms with van der Waals surface area (Å²) in [6.07, 6.45) is 1.77. The van der Waals surface area contributed by atoms with E-state index in [1.165, 1.54) is 0 Å². The van der Waals surface area contributed by atoms with Crippen LogP contribution >= 0.6 is 0 Å². The summed E-state index contributed by atoms with van der Waals surface area (Å²) in [6, 6.07) is 23.8. The Morgan fingerprint density at radius 1 is 0.846 bits per heavy atom. The fourth-order valence-electron chi connectivity index (χ4n) is 4.05. The molecule has 0 saturated heterocycles. The average Bonchev–Trinajstić information content (AvgIpc) is 2.92. The molecule has 4 rings (SSSR count). The van der Waals surface area contributed by atoms with Gasteiger partial charge in [-0.05, 0) is 68.2 Å². The van der Waals surface area contributed by atoms with Crippen molar-refractivity contribution in [2.75, 3.05) is 23.7 Å². The first-order valence-corrected chi connectivity index (χ1v) is 12.8. The quantitative estimate of drug-likeness (QED) is 0.371. The summed E-state index contributed by atoms with van der Waals surface area (Å²) in [5.74, 6) is -0.301. The number of benzene rings is 3. The zero-order valence-corrected chi connectivity index (χ0v) is 22.4. The Labute approximate surface area is 228 Å². The van der Waals surface area contributed by atoms with Gasteiger partial charge in [-0.15, -0.1) is 0 Å². The molecule has 3 aromatic rings. The fraction of sp³-hybridized carbons (Fsp3) is 0.258. The third-order valence-corrected chi connectivity index (χ3v) is 6.00. The molecule has 0 fully saturated rings. The number of anilines is 2. The molecule has 0 spiro atoms. The van der Waals surface area contributed by atoms with E-state index in [-0.39, 0.29) is 18.6 Å². The minimum Gasteiger partial charge on any atom is -0.445 e. The number of nitrogens with zero attached hydrogens (tertiary/aromatic N) is 1. The van der Waals surface area contributed by atoms with E-state index >= 15 is 0 Å². The Kier molecular flexibility index (Phi) is 8.66. The summed E-state index contributed by atoms with van der Waals surface area (Å²) < 4.78 is 10.7. The van der Waals surface area contributed by atoms with Crippen LogP contribution in [-0.2, 0) is 16.1 Å². The first-order chi connectivity index (χ1) is 18.7. The molecule has 8 nitrogen and oxygen atoms in total. The third-order valence-electron chi connectivity index (χ3n) is 6.00. The van der Waals surface area contributed by atoms with Crippen LogP contribution in [0, 0.1) is 0 Å². The monoisotopic (exact) mass is 527 g/mol.